The number of nitrogens with zero attached hydrogens (tertiary/aromatic N) is 2. The van der Waals surface area contributed by atoms with Crippen molar-refractivity contribution >= 4 is 39.9 Å². The molecule has 0 saturated heterocycles. The topological polar surface area (TPSA) is 110 Å². The lowest BCUT2D eigenvalue weighted by atomic mass is 9.87. The average molecular weight is 474 g/mol. The molecule has 8 nitrogen and oxygen atoms in total. The first-order valence-corrected chi connectivity index (χ1v) is 12.3. The van der Waals surface area contributed by atoms with Gasteiger partial charge in [-0.3, -0.25) is 20.3 Å². The van der Waals surface area contributed by atoms with Gasteiger partial charge in [-0.25, -0.2) is 4.98 Å². The number of hydrogen-bond donors (Lipinski definition) is 4. The van der Waals surface area contributed by atoms with Crippen molar-refractivity contribution < 1.29 is 14.8 Å². The Morgan fingerprint density at radius 3 is 2.57 bits per heavy atom. The van der Waals surface area contributed by atoms with Crippen molar-refractivity contribution in [2.24, 2.45) is 5.92 Å². The highest BCUT2D eigenvalue weighted by atomic mass is 16.5. The third-order valence-corrected chi connectivity index (χ3v) is 7.06. The number of benzene rings is 1. The molecule has 182 valence electrons. The zero-order valence-electron chi connectivity index (χ0n) is 20.0. The second kappa shape index (κ2) is 9.54. The molecule has 0 bridgehead atoms. The molecular formula is C27H31N5O3. The first kappa shape index (κ1) is 23.1. The molecule has 1 aliphatic carbocycles. The summed E-state index contributed by atoms with van der Waals surface area (Å²) >= 11 is 0. The second-order valence-electron chi connectivity index (χ2n) is 9.39. The van der Waals surface area contributed by atoms with Gasteiger partial charge < -0.3 is 15.2 Å². The van der Waals surface area contributed by atoms with Gasteiger partial charge >= 0.3 is 0 Å². The van der Waals surface area contributed by atoms with Crippen LogP contribution in [0.3, 0.4) is 0 Å². The van der Waals surface area contributed by atoms with Crippen LogP contribution in [0.5, 0.6) is 0 Å². The predicted octanol–water partition coefficient (Wildman–Crippen LogP) is 5.20. The highest BCUT2D eigenvalue weighted by Gasteiger charge is 2.34. The molecule has 0 radical (unpaired) electrons. The molecule has 2 aliphatic rings. The van der Waals surface area contributed by atoms with Crippen LogP contribution < -0.4 is 10.8 Å². The first-order valence-electron chi connectivity index (χ1n) is 12.3. The SMILES string of the molecule is CCC1C=C(c2cc(NC(=O)C3CC3)nc3[nH]ccc23)CC(CC)N1C(=O)c1ccc(NO)cc1. The van der Waals surface area contributed by atoms with Gasteiger partial charge in [0, 0.05) is 29.1 Å². The number of hydrogen-bond acceptors (Lipinski definition) is 5. The quantitative estimate of drug-likeness (QED) is 0.353. The molecule has 8 heteroatoms. The number of nitrogens with one attached hydrogen (secondary N) is 3. The van der Waals surface area contributed by atoms with Gasteiger partial charge in [0.05, 0.1) is 11.7 Å². The van der Waals surface area contributed by atoms with Crippen LogP contribution in [0.4, 0.5) is 11.5 Å². The molecule has 2 aromatic heterocycles. The third kappa shape index (κ3) is 4.53. The zero-order chi connectivity index (χ0) is 24.5. The number of anilines is 2. The van der Waals surface area contributed by atoms with Crippen LogP contribution in [-0.2, 0) is 4.79 Å². The normalized spacial score (nSPS) is 20.0. The minimum Gasteiger partial charge on any atom is -0.346 e. The number of rotatable bonds is 7. The van der Waals surface area contributed by atoms with Gasteiger partial charge in [0.25, 0.3) is 5.91 Å². The molecule has 4 N–H and O–H groups in total. The van der Waals surface area contributed by atoms with Crippen molar-refractivity contribution in [1.29, 1.82) is 0 Å². The molecule has 2 atom stereocenters. The monoisotopic (exact) mass is 473 g/mol. The Balaban J connectivity index is 1.50. The Hall–Kier alpha value is -3.65. The minimum absolute atomic E-state index is 0.0117. The fourth-order valence-corrected chi connectivity index (χ4v) is 4.95. The Kier molecular flexibility index (Phi) is 6.30. The molecule has 1 aliphatic heterocycles. The fraction of sp³-hybridized carbons (Fsp3) is 0.370. The van der Waals surface area contributed by atoms with E-state index in [0.29, 0.717) is 17.1 Å². The molecule has 2 amide bonds. The van der Waals surface area contributed by atoms with E-state index < -0.39 is 0 Å². The first-order chi connectivity index (χ1) is 17.0. The summed E-state index contributed by atoms with van der Waals surface area (Å²) in [4.78, 5) is 35.7. The van der Waals surface area contributed by atoms with E-state index in [9.17, 15) is 9.59 Å². The Bertz CT molecular complexity index is 1280. The van der Waals surface area contributed by atoms with E-state index in [1.165, 1.54) is 5.57 Å². The number of amides is 2. The lowest BCUT2D eigenvalue weighted by molar-refractivity contribution is -0.117. The summed E-state index contributed by atoms with van der Waals surface area (Å²) in [6, 6.07) is 10.8. The smallest absolute Gasteiger partial charge is 0.254 e. The van der Waals surface area contributed by atoms with Gasteiger partial charge in [-0.05, 0) is 79.6 Å². The summed E-state index contributed by atoms with van der Waals surface area (Å²) in [5, 5.41) is 13.1. The minimum atomic E-state index is -0.0569. The summed E-state index contributed by atoms with van der Waals surface area (Å²) in [7, 11) is 0. The zero-order valence-corrected chi connectivity index (χ0v) is 20.0. The van der Waals surface area contributed by atoms with Crippen LogP contribution in [-0.4, -0.2) is 44.0 Å². The van der Waals surface area contributed by atoms with Crippen molar-refractivity contribution in [3.8, 4) is 0 Å². The number of carbonyl (C=O) groups is 2. The summed E-state index contributed by atoms with van der Waals surface area (Å²) < 4.78 is 0. The molecule has 3 aromatic rings. The van der Waals surface area contributed by atoms with Crippen LogP contribution in [0.15, 0.2) is 48.7 Å². The van der Waals surface area contributed by atoms with Crippen molar-refractivity contribution in [2.75, 3.05) is 10.8 Å². The van der Waals surface area contributed by atoms with E-state index in [1.807, 2.05) is 23.2 Å². The van der Waals surface area contributed by atoms with Crippen molar-refractivity contribution in [3.63, 3.8) is 0 Å². The van der Waals surface area contributed by atoms with E-state index in [-0.39, 0.29) is 29.8 Å². The van der Waals surface area contributed by atoms with Crippen LogP contribution in [0, 0.1) is 5.92 Å². The van der Waals surface area contributed by atoms with Gasteiger partial charge in [-0.1, -0.05) is 19.9 Å². The van der Waals surface area contributed by atoms with Crippen molar-refractivity contribution in [3.05, 3.63) is 59.8 Å². The molecule has 1 aromatic carbocycles. The van der Waals surface area contributed by atoms with Crippen molar-refractivity contribution in [1.82, 2.24) is 14.9 Å². The number of fused-ring (bicyclic) bond motifs is 1. The lowest BCUT2D eigenvalue weighted by Gasteiger charge is -2.41. The highest BCUT2D eigenvalue weighted by molar-refractivity contribution is 5.99. The molecule has 0 spiro atoms. The number of aromatic nitrogens is 2. The third-order valence-electron chi connectivity index (χ3n) is 7.06. The van der Waals surface area contributed by atoms with Crippen molar-refractivity contribution in [2.45, 2.75) is 58.0 Å². The number of aromatic amines is 1. The van der Waals surface area contributed by atoms with Crippen LogP contribution in [0.25, 0.3) is 16.6 Å². The Morgan fingerprint density at radius 2 is 1.91 bits per heavy atom. The largest absolute Gasteiger partial charge is 0.346 e. The summed E-state index contributed by atoms with van der Waals surface area (Å²) in [6.07, 6.45) is 8.27. The van der Waals surface area contributed by atoms with Gasteiger partial charge in [-0.2, -0.15) is 0 Å². The van der Waals surface area contributed by atoms with Crippen LogP contribution in [0.2, 0.25) is 0 Å². The van der Waals surface area contributed by atoms with Gasteiger partial charge in [0.1, 0.15) is 11.5 Å². The standard InChI is InChI=1S/C27H31N5O3/c1-3-20-13-18(14-21(4-2)32(20)27(34)17-7-9-19(31-35)10-8-17)23-15-24(30-26(33)16-5-6-16)29-25-22(23)11-12-28-25/h7-13,15-16,20-21,31,35H,3-6,14H2,1-2H3,(H2,28,29,30,33). The molecule has 1 saturated carbocycles. The molecule has 35 heavy (non-hydrogen) atoms. The van der Waals surface area contributed by atoms with E-state index in [2.05, 4.69) is 40.7 Å². The fourth-order valence-electron chi connectivity index (χ4n) is 4.95. The lowest BCUT2D eigenvalue weighted by Crippen LogP contribution is -2.48. The Morgan fingerprint density at radius 1 is 1.14 bits per heavy atom. The second-order valence-corrected chi connectivity index (χ2v) is 9.39. The van der Waals surface area contributed by atoms with E-state index in [0.717, 1.165) is 48.7 Å². The molecule has 2 unspecified atom stereocenters. The summed E-state index contributed by atoms with van der Waals surface area (Å²) in [5.41, 5.74) is 6.20. The maximum atomic E-state index is 13.5. The van der Waals surface area contributed by atoms with E-state index in [1.54, 1.807) is 24.3 Å². The van der Waals surface area contributed by atoms with Crippen LogP contribution in [0.1, 0.15) is 61.9 Å². The number of H-pyrrole nitrogens is 1. The van der Waals surface area contributed by atoms with Gasteiger partial charge in [0.15, 0.2) is 0 Å². The van der Waals surface area contributed by atoms with Gasteiger partial charge in [0.2, 0.25) is 5.91 Å². The van der Waals surface area contributed by atoms with Crippen LogP contribution >= 0.6 is 0 Å². The van der Waals surface area contributed by atoms with E-state index in [4.69, 9.17) is 5.21 Å². The summed E-state index contributed by atoms with van der Waals surface area (Å²) in [5.74, 6) is 0.681. The molecule has 5 rings (SSSR count). The maximum Gasteiger partial charge on any atom is 0.254 e. The highest BCUT2D eigenvalue weighted by Crippen LogP contribution is 2.37. The number of carbonyl (C=O) groups excluding carboxylic acids is 2. The predicted molar refractivity (Wildman–Crippen MR) is 136 cm³/mol. The molecule has 1 fully saturated rings. The van der Waals surface area contributed by atoms with E-state index >= 15 is 0 Å². The number of pyridine rings is 1. The maximum absolute atomic E-state index is 13.5. The molecular weight excluding hydrogens is 442 g/mol. The van der Waals surface area contributed by atoms with Gasteiger partial charge in [-0.15, -0.1) is 0 Å². The Labute approximate surface area is 204 Å². The average Bonchev–Trinajstić information content (AvgIpc) is 3.64. The molecule has 3 heterocycles. The summed E-state index contributed by atoms with van der Waals surface area (Å²) in [6.45, 7) is 4.20.